The molecule has 1 fully saturated rings. The Bertz CT molecular complexity index is 363. The van der Waals surface area contributed by atoms with Crippen molar-refractivity contribution in [1.29, 1.82) is 0 Å². The van der Waals surface area contributed by atoms with Gasteiger partial charge < -0.3 is 29.5 Å². The lowest BCUT2D eigenvalue weighted by Gasteiger charge is -2.39. The second-order valence-electron chi connectivity index (χ2n) is 6.59. The maximum atomic E-state index is 11.8. The number of aliphatic hydroxyl groups excluding tert-OH is 3. The van der Waals surface area contributed by atoms with Crippen LogP contribution in [0.2, 0.25) is 0 Å². The van der Waals surface area contributed by atoms with E-state index in [9.17, 15) is 20.1 Å². The summed E-state index contributed by atoms with van der Waals surface area (Å²) in [6.07, 6.45) is 1.19. The molecule has 7 nitrogen and oxygen atoms in total. The Morgan fingerprint density at radius 2 is 1.60 bits per heavy atom. The minimum absolute atomic E-state index is 0.174. The number of rotatable bonds is 12. The van der Waals surface area contributed by atoms with Crippen LogP contribution in [0.3, 0.4) is 0 Å². The Kier molecular flexibility index (Phi) is 11.2. The van der Waals surface area contributed by atoms with Gasteiger partial charge in [-0.3, -0.25) is 4.79 Å². The average Bonchev–Trinajstić information content (AvgIpc) is 2.60. The van der Waals surface area contributed by atoms with Crippen LogP contribution < -0.4 is 0 Å². The van der Waals surface area contributed by atoms with Crippen molar-refractivity contribution >= 4 is 5.97 Å². The molecule has 1 aliphatic rings. The third kappa shape index (κ3) is 8.00. The summed E-state index contributed by atoms with van der Waals surface area (Å²) in [6, 6.07) is 0. The maximum absolute atomic E-state index is 11.8. The summed E-state index contributed by atoms with van der Waals surface area (Å²) in [5.74, 6) is -0.351. The second kappa shape index (κ2) is 12.6. The highest BCUT2D eigenvalue weighted by Crippen LogP contribution is 2.23. The monoisotopic (exact) mass is 362 g/mol. The fourth-order valence-corrected chi connectivity index (χ4v) is 2.66. The molecule has 0 aromatic rings. The minimum Gasteiger partial charge on any atom is -0.463 e. The molecule has 0 aromatic heterocycles. The van der Waals surface area contributed by atoms with Crippen molar-refractivity contribution in [1.82, 2.24) is 0 Å². The number of unbranched alkanes of at least 4 members (excludes halogenated alkanes) is 5. The first-order valence-electron chi connectivity index (χ1n) is 9.48. The Labute approximate surface area is 150 Å². The van der Waals surface area contributed by atoms with E-state index in [0.29, 0.717) is 13.0 Å². The van der Waals surface area contributed by atoms with Crippen LogP contribution in [-0.4, -0.2) is 65.2 Å². The van der Waals surface area contributed by atoms with Crippen LogP contribution in [0.4, 0.5) is 0 Å². The molecule has 3 N–H and O–H groups in total. The van der Waals surface area contributed by atoms with Crippen LogP contribution in [0.5, 0.6) is 0 Å². The van der Waals surface area contributed by atoms with Crippen molar-refractivity contribution in [2.24, 2.45) is 0 Å². The molecule has 5 atom stereocenters. The van der Waals surface area contributed by atoms with Crippen LogP contribution in [0.1, 0.15) is 65.2 Å². The van der Waals surface area contributed by atoms with Gasteiger partial charge in [-0.15, -0.1) is 0 Å². The molecule has 148 valence electrons. The zero-order valence-electron chi connectivity index (χ0n) is 15.4. The largest absolute Gasteiger partial charge is 0.463 e. The fourth-order valence-electron chi connectivity index (χ4n) is 2.66. The Morgan fingerprint density at radius 1 is 0.920 bits per heavy atom. The van der Waals surface area contributed by atoms with Crippen molar-refractivity contribution in [2.45, 2.75) is 95.9 Å². The summed E-state index contributed by atoms with van der Waals surface area (Å²) in [6.45, 7) is 4.34. The lowest BCUT2D eigenvalue weighted by atomic mass is 9.99. The van der Waals surface area contributed by atoms with E-state index in [2.05, 4.69) is 6.92 Å². The van der Waals surface area contributed by atoms with E-state index < -0.39 is 30.7 Å². The molecule has 0 saturated carbocycles. The van der Waals surface area contributed by atoms with Crippen molar-refractivity contribution in [3.05, 3.63) is 0 Å². The standard InChI is InChI=1S/C18H34O7/c1-3-5-7-8-9-10-14(19)24-12-13-15(20)16(21)17(22)18(25-13)23-11-6-4-2/h13,15-18,20-22H,3-12H2,1-2H3/t13-,15-,16+,17-,18?/m1/s1. The van der Waals surface area contributed by atoms with E-state index in [4.69, 9.17) is 14.2 Å². The van der Waals surface area contributed by atoms with Gasteiger partial charge in [-0.2, -0.15) is 0 Å². The van der Waals surface area contributed by atoms with E-state index in [1.54, 1.807) is 0 Å². The molecule has 0 amide bonds. The molecule has 0 aromatic carbocycles. The first-order chi connectivity index (χ1) is 12.0. The normalized spacial score (nSPS) is 29.6. The number of carbonyl (C=O) groups is 1. The second-order valence-corrected chi connectivity index (χ2v) is 6.59. The third-order valence-electron chi connectivity index (χ3n) is 4.34. The van der Waals surface area contributed by atoms with Crippen molar-refractivity contribution in [2.75, 3.05) is 13.2 Å². The first-order valence-corrected chi connectivity index (χ1v) is 9.48. The molecule has 1 heterocycles. The molecule has 1 saturated heterocycles. The van der Waals surface area contributed by atoms with Crippen LogP contribution in [0.15, 0.2) is 0 Å². The van der Waals surface area contributed by atoms with Gasteiger partial charge in [-0.05, 0) is 12.8 Å². The number of ether oxygens (including phenoxy) is 3. The summed E-state index contributed by atoms with van der Waals surface area (Å²) in [7, 11) is 0. The number of esters is 1. The zero-order valence-corrected chi connectivity index (χ0v) is 15.4. The zero-order chi connectivity index (χ0) is 18.7. The number of hydrogen-bond donors (Lipinski definition) is 3. The van der Waals surface area contributed by atoms with Gasteiger partial charge in [0.1, 0.15) is 31.0 Å². The van der Waals surface area contributed by atoms with Crippen LogP contribution in [-0.2, 0) is 19.0 Å². The van der Waals surface area contributed by atoms with E-state index in [1.165, 1.54) is 0 Å². The van der Waals surface area contributed by atoms with Crippen LogP contribution >= 0.6 is 0 Å². The van der Waals surface area contributed by atoms with E-state index in [0.717, 1.165) is 44.9 Å². The summed E-state index contributed by atoms with van der Waals surface area (Å²) in [4.78, 5) is 11.8. The van der Waals surface area contributed by atoms with Crippen LogP contribution in [0, 0.1) is 0 Å². The molecule has 7 heteroatoms. The lowest BCUT2D eigenvalue weighted by molar-refractivity contribution is -0.301. The summed E-state index contributed by atoms with van der Waals surface area (Å²) in [5.41, 5.74) is 0. The maximum Gasteiger partial charge on any atom is 0.305 e. The molecular weight excluding hydrogens is 328 g/mol. The summed E-state index contributed by atoms with van der Waals surface area (Å²) in [5, 5.41) is 29.9. The minimum atomic E-state index is -1.40. The van der Waals surface area contributed by atoms with Gasteiger partial charge in [0.05, 0.1) is 0 Å². The summed E-state index contributed by atoms with van der Waals surface area (Å²) >= 11 is 0. The number of hydrogen-bond acceptors (Lipinski definition) is 7. The SMILES string of the molecule is CCCCCCCC(=O)OC[C@H]1OC(OCCCC)[C@H](O)[C@@H](O)[C@@H]1O. The Hall–Kier alpha value is -0.730. The first kappa shape index (κ1) is 22.3. The molecule has 0 radical (unpaired) electrons. The molecule has 0 bridgehead atoms. The number of carbonyl (C=O) groups excluding carboxylic acids is 1. The summed E-state index contributed by atoms with van der Waals surface area (Å²) < 4.78 is 16.0. The number of aliphatic hydroxyl groups is 3. The smallest absolute Gasteiger partial charge is 0.305 e. The predicted octanol–water partition coefficient (Wildman–Crippen LogP) is 1.51. The highest BCUT2D eigenvalue weighted by Gasteiger charge is 2.44. The van der Waals surface area contributed by atoms with Gasteiger partial charge in [-0.25, -0.2) is 0 Å². The van der Waals surface area contributed by atoms with Gasteiger partial charge in [0.2, 0.25) is 0 Å². The molecule has 1 rings (SSSR count). The van der Waals surface area contributed by atoms with Crippen LogP contribution in [0.25, 0.3) is 0 Å². The molecule has 1 unspecified atom stereocenters. The van der Waals surface area contributed by atoms with Gasteiger partial charge >= 0.3 is 5.97 Å². The molecule has 0 spiro atoms. The quantitative estimate of drug-likeness (QED) is 0.357. The molecular formula is C18H34O7. The van der Waals surface area contributed by atoms with E-state index in [1.807, 2.05) is 6.92 Å². The molecule has 0 aliphatic carbocycles. The fraction of sp³-hybridized carbons (Fsp3) is 0.944. The van der Waals surface area contributed by atoms with Gasteiger partial charge in [0, 0.05) is 13.0 Å². The van der Waals surface area contributed by atoms with Gasteiger partial charge in [-0.1, -0.05) is 46.0 Å². The average molecular weight is 362 g/mol. The topological polar surface area (TPSA) is 105 Å². The predicted molar refractivity (Wildman–Crippen MR) is 91.9 cm³/mol. The Morgan fingerprint density at radius 3 is 2.28 bits per heavy atom. The third-order valence-corrected chi connectivity index (χ3v) is 4.34. The van der Waals surface area contributed by atoms with Gasteiger partial charge in [0.15, 0.2) is 6.29 Å². The lowest BCUT2D eigenvalue weighted by Crippen LogP contribution is -2.59. The highest BCUT2D eigenvalue weighted by molar-refractivity contribution is 5.69. The molecule has 25 heavy (non-hydrogen) atoms. The van der Waals surface area contributed by atoms with Crippen molar-refractivity contribution in [3.63, 3.8) is 0 Å². The van der Waals surface area contributed by atoms with Crippen molar-refractivity contribution < 1.29 is 34.3 Å². The highest BCUT2D eigenvalue weighted by atomic mass is 16.7. The van der Waals surface area contributed by atoms with Crippen molar-refractivity contribution in [3.8, 4) is 0 Å². The molecule has 1 aliphatic heterocycles. The van der Waals surface area contributed by atoms with E-state index >= 15 is 0 Å². The Balaban J connectivity index is 2.35. The van der Waals surface area contributed by atoms with Gasteiger partial charge in [0.25, 0.3) is 0 Å². The van der Waals surface area contributed by atoms with E-state index in [-0.39, 0.29) is 12.6 Å².